The highest BCUT2D eigenvalue weighted by Crippen LogP contribution is 2.30. The predicted octanol–water partition coefficient (Wildman–Crippen LogP) is 1.77. The molecule has 19 heavy (non-hydrogen) atoms. The van der Waals surface area contributed by atoms with Crippen molar-refractivity contribution >= 4 is 17.6 Å². The van der Waals surface area contributed by atoms with Crippen molar-refractivity contribution in [1.29, 1.82) is 0 Å². The molecule has 8 heteroatoms. The van der Waals surface area contributed by atoms with Crippen molar-refractivity contribution in [3.63, 3.8) is 0 Å². The number of rotatable bonds is 4. The zero-order valence-corrected chi connectivity index (χ0v) is 12.2. The molecule has 102 valence electrons. The van der Waals surface area contributed by atoms with Gasteiger partial charge >= 0.3 is 0 Å². The van der Waals surface area contributed by atoms with Crippen LogP contribution in [0.25, 0.3) is 0 Å². The quantitative estimate of drug-likeness (QED) is 0.445. The summed E-state index contributed by atoms with van der Waals surface area (Å²) in [6, 6.07) is 0. The van der Waals surface area contributed by atoms with Gasteiger partial charge in [0, 0.05) is 11.5 Å². The molecular formula is C11H17N7S. The lowest BCUT2D eigenvalue weighted by Crippen LogP contribution is -2.13. The largest absolute Gasteiger partial charge is 0.308 e. The van der Waals surface area contributed by atoms with Gasteiger partial charge in [0.05, 0.1) is 0 Å². The first-order valence-electron chi connectivity index (χ1n) is 5.93. The predicted molar refractivity (Wildman–Crippen MR) is 73.9 cm³/mol. The van der Waals surface area contributed by atoms with Gasteiger partial charge in [-0.1, -0.05) is 13.8 Å². The van der Waals surface area contributed by atoms with E-state index in [1.54, 1.807) is 0 Å². The van der Waals surface area contributed by atoms with Gasteiger partial charge in [0.25, 0.3) is 0 Å². The molecule has 2 rings (SSSR count). The lowest BCUT2D eigenvalue weighted by atomic mass is 10.2. The molecular weight excluding hydrogens is 262 g/mol. The molecule has 0 saturated heterocycles. The molecule has 0 unspecified atom stereocenters. The van der Waals surface area contributed by atoms with Crippen LogP contribution < -0.4 is 11.3 Å². The topological polar surface area (TPSA) is 105 Å². The summed E-state index contributed by atoms with van der Waals surface area (Å²) < 4.78 is 0. The Kier molecular flexibility index (Phi) is 4.01. The van der Waals surface area contributed by atoms with E-state index in [-0.39, 0.29) is 5.92 Å². The highest BCUT2D eigenvalue weighted by atomic mass is 32.2. The van der Waals surface area contributed by atoms with Gasteiger partial charge in [-0.3, -0.25) is 5.10 Å². The number of nitrogens with zero attached hydrogens (tertiary/aromatic N) is 4. The number of aryl methyl sites for hydroxylation is 1. The van der Waals surface area contributed by atoms with Gasteiger partial charge in [0.15, 0.2) is 0 Å². The van der Waals surface area contributed by atoms with Gasteiger partial charge in [0.1, 0.15) is 22.5 Å². The van der Waals surface area contributed by atoms with Crippen molar-refractivity contribution in [3.8, 4) is 0 Å². The summed E-state index contributed by atoms with van der Waals surface area (Å²) in [6.45, 7) is 7.85. The van der Waals surface area contributed by atoms with Crippen LogP contribution in [-0.2, 0) is 0 Å². The van der Waals surface area contributed by atoms with Gasteiger partial charge < -0.3 is 5.43 Å². The number of hydrogen-bond acceptors (Lipinski definition) is 7. The van der Waals surface area contributed by atoms with Crippen molar-refractivity contribution < 1.29 is 0 Å². The molecule has 2 aromatic heterocycles. The maximum atomic E-state index is 5.50. The standard InChI is InChI=1S/C11H17N7S/c1-5(2)8-14-9(16-12)6(3)10(15-8)19-11-13-7(4)17-18-11/h5H,12H2,1-4H3,(H,13,17,18)(H,14,15,16). The zero-order chi connectivity index (χ0) is 14.0. The number of nitrogens with two attached hydrogens (primary N) is 1. The van der Waals surface area contributed by atoms with Gasteiger partial charge in [-0.15, -0.1) is 5.10 Å². The second-order valence-electron chi connectivity index (χ2n) is 4.47. The van der Waals surface area contributed by atoms with Crippen LogP contribution in [0.5, 0.6) is 0 Å². The lowest BCUT2D eigenvalue weighted by molar-refractivity contribution is 0.748. The molecule has 0 amide bonds. The van der Waals surface area contributed by atoms with E-state index in [4.69, 9.17) is 5.84 Å². The van der Waals surface area contributed by atoms with E-state index in [2.05, 4.69) is 30.6 Å². The van der Waals surface area contributed by atoms with Crippen LogP contribution in [0.2, 0.25) is 0 Å². The Morgan fingerprint density at radius 1 is 1.21 bits per heavy atom. The van der Waals surface area contributed by atoms with Crippen molar-refractivity contribution in [2.24, 2.45) is 5.84 Å². The maximum absolute atomic E-state index is 5.50. The van der Waals surface area contributed by atoms with Crippen LogP contribution in [0.15, 0.2) is 10.2 Å². The highest BCUT2D eigenvalue weighted by Gasteiger charge is 2.15. The van der Waals surface area contributed by atoms with Crippen molar-refractivity contribution in [1.82, 2.24) is 25.1 Å². The molecule has 2 heterocycles. The molecule has 0 atom stereocenters. The molecule has 0 saturated carbocycles. The van der Waals surface area contributed by atoms with Crippen molar-refractivity contribution in [2.75, 3.05) is 5.43 Å². The molecule has 0 spiro atoms. The third kappa shape index (κ3) is 3.02. The Morgan fingerprint density at radius 2 is 1.95 bits per heavy atom. The van der Waals surface area contributed by atoms with E-state index in [0.717, 1.165) is 22.2 Å². The first kappa shape index (κ1) is 13.8. The molecule has 0 aliphatic heterocycles. The molecule has 0 aliphatic carbocycles. The van der Waals surface area contributed by atoms with Gasteiger partial charge in [-0.2, -0.15) is 0 Å². The number of aromatic amines is 1. The summed E-state index contributed by atoms with van der Waals surface area (Å²) in [7, 11) is 0. The van der Waals surface area contributed by atoms with E-state index in [1.807, 2.05) is 27.7 Å². The average molecular weight is 279 g/mol. The summed E-state index contributed by atoms with van der Waals surface area (Å²) >= 11 is 1.40. The number of anilines is 1. The van der Waals surface area contributed by atoms with E-state index in [0.29, 0.717) is 11.0 Å². The van der Waals surface area contributed by atoms with Crippen molar-refractivity contribution in [2.45, 2.75) is 43.8 Å². The molecule has 0 radical (unpaired) electrons. The summed E-state index contributed by atoms with van der Waals surface area (Å²) in [4.78, 5) is 13.2. The fourth-order valence-corrected chi connectivity index (χ4v) is 2.30. The molecule has 0 fully saturated rings. The van der Waals surface area contributed by atoms with Crippen LogP contribution in [0.1, 0.15) is 37.0 Å². The van der Waals surface area contributed by atoms with Crippen LogP contribution in [0.3, 0.4) is 0 Å². The van der Waals surface area contributed by atoms with Gasteiger partial charge in [-0.25, -0.2) is 20.8 Å². The highest BCUT2D eigenvalue weighted by molar-refractivity contribution is 7.99. The summed E-state index contributed by atoms with van der Waals surface area (Å²) in [5.41, 5.74) is 3.50. The first-order chi connectivity index (χ1) is 9.01. The molecule has 4 N–H and O–H groups in total. The molecule has 0 bridgehead atoms. The number of nitrogen functional groups attached to an aromatic ring is 1. The van der Waals surface area contributed by atoms with E-state index >= 15 is 0 Å². The van der Waals surface area contributed by atoms with Crippen LogP contribution in [0.4, 0.5) is 5.82 Å². The van der Waals surface area contributed by atoms with Crippen molar-refractivity contribution in [3.05, 3.63) is 17.2 Å². The minimum Gasteiger partial charge on any atom is -0.308 e. The summed E-state index contributed by atoms with van der Waals surface area (Å²) in [5.74, 6) is 7.87. The second kappa shape index (κ2) is 5.54. The minimum absolute atomic E-state index is 0.223. The smallest absolute Gasteiger partial charge is 0.214 e. The Hall–Kier alpha value is -1.67. The fourth-order valence-electron chi connectivity index (χ4n) is 1.46. The minimum atomic E-state index is 0.223. The molecule has 7 nitrogen and oxygen atoms in total. The second-order valence-corrected chi connectivity index (χ2v) is 5.42. The van der Waals surface area contributed by atoms with E-state index in [9.17, 15) is 0 Å². The average Bonchev–Trinajstić information content (AvgIpc) is 2.77. The van der Waals surface area contributed by atoms with Crippen LogP contribution in [-0.4, -0.2) is 25.1 Å². The number of hydrazine groups is 1. The van der Waals surface area contributed by atoms with Crippen LogP contribution in [0, 0.1) is 13.8 Å². The Morgan fingerprint density at radius 3 is 2.47 bits per heavy atom. The zero-order valence-electron chi connectivity index (χ0n) is 11.4. The Balaban J connectivity index is 2.40. The summed E-state index contributed by atoms with van der Waals surface area (Å²) in [5, 5.41) is 8.35. The molecule has 2 aromatic rings. The number of aromatic nitrogens is 5. The maximum Gasteiger partial charge on any atom is 0.214 e. The molecule has 0 aromatic carbocycles. The fraction of sp³-hybridized carbons (Fsp3) is 0.455. The monoisotopic (exact) mass is 279 g/mol. The SMILES string of the molecule is Cc1nc(Sc2nc(C(C)C)nc(NN)c2C)n[nH]1. The Bertz CT molecular complexity index is 578. The first-order valence-corrected chi connectivity index (χ1v) is 6.75. The third-order valence-corrected chi connectivity index (χ3v) is 3.49. The van der Waals surface area contributed by atoms with E-state index in [1.165, 1.54) is 11.8 Å². The van der Waals surface area contributed by atoms with Gasteiger partial charge in [0.2, 0.25) is 5.16 Å². The Labute approximate surface area is 115 Å². The normalized spacial score (nSPS) is 11.1. The molecule has 0 aliphatic rings. The van der Waals surface area contributed by atoms with E-state index < -0.39 is 0 Å². The number of nitrogens with one attached hydrogen (secondary N) is 2. The lowest BCUT2D eigenvalue weighted by Gasteiger charge is -2.12. The third-order valence-electron chi connectivity index (χ3n) is 2.54. The number of H-pyrrole nitrogens is 1. The number of hydrogen-bond donors (Lipinski definition) is 3. The van der Waals surface area contributed by atoms with Crippen LogP contribution >= 0.6 is 11.8 Å². The summed E-state index contributed by atoms with van der Waals surface area (Å²) in [6.07, 6.45) is 0. The van der Waals surface area contributed by atoms with Gasteiger partial charge in [-0.05, 0) is 25.6 Å².